The fraction of sp³-hybridized carbons (Fsp3) is 0.318. The van der Waals surface area contributed by atoms with Crippen LogP contribution < -0.4 is 0 Å². The third-order valence-corrected chi connectivity index (χ3v) is 7.86. The minimum absolute atomic E-state index is 0.0223. The van der Waals surface area contributed by atoms with Crippen molar-refractivity contribution in [1.29, 1.82) is 0 Å². The summed E-state index contributed by atoms with van der Waals surface area (Å²) in [6.45, 7) is 2.41. The summed E-state index contributed by atoms with van der Waals surface area (Å²) in [7, 11) is -3.09. The van der Waals surface area contributed by atoms with E-state index in [0.717, 1.165) is 16.7 Å². The fourth-order valence-corrected chi connectivity index (χ4v) is 6.00. The Labute approximate surface area is 186 Å². The van der Waals surface area contributed by atoms with Gasteiger partial charge in [-0.1, -0.05) is 71.9 Å². The maximum absolute atomic E-state index is 13.1. The molecule has 1 aromatic heterocycles. The molecular weight excluding hydrogens is 432 g/mol. The number of hydrogen-bond acceptors (Lipinski definition) is 6. The lowest BCUT2D eigenvalue weighted by Gasteiger charge is -2.28. The monoisotopic (exact) mass is 456 g/mol. The number of sulfone groups is 1. The summed E-state index contributed by atoms with van der Waals surface area (Å²) in [6.07, 6.45) is 0.476. The summed E-state index contributed by atoms with van der Waals surface area (Å²) in [6, 6.07) is 17.3. The fourth-order valence-electron chi connectivity index (χ4n) is 3.58. The van der Waals surface area contributed by atoms with Gasteiger partial charge in [0, 0.05) is 18.2 Å². The van der Waals surface area contributed by atoms with Crippen LogP contribution in [0.1, 0.15) is 17.5 Å². The Bertz CT molecular complexity index is 1150. The molecule has 4 rings (SSSR count). The lowest BCUT2D eigenvalue weighted by atomic mass is 10.1. The van der Waals surface area contributed by atoms with Crippen molar-refractivity contribution in [3.05, 3.63) is 65.7 Å². The topological polar surface area (TPSA) is 96.0 Å². The molecule has 1 amide bonds. The zero-order valence-corrected chi connectivity index (χ0v) is 18.8. The molecule has 7 nitrogen and oxygen atoms in total. The van der Waals surface area contributed by atoms with Gasteiger partial charge >= 0.3 is 0 Å². The van der Waals surface area contributed by atoms with Crippen molar-refractivity contribution in [2.45, 2.75) is 31.1 Å². The van der Waals surface area contributed by atoms with Crippen LogP contribution in [0.4, 0.5) is 0 Å². The van der Waals surface area contributed by atoms with Crippen LogP contribution >= 0.6 is 11.8 Å². The number of amides is 1. The van der Waals surface area contributed by atoms with Gasteiger partial charge in [-0.15, -0.1) is 5.10 Å². The first kappa shape index (κ1) is 21.6. The van der Waals surface area contributed by atoms with Crippen LogP contribution in [0.3, 0.4) is 0 Å². The Hall–Kier alpha value is -2.65. The van der Waals surface area contributed by atoms with E-state index in [1.54, 1.807) is 4.90 Å². The van der Waals surface area contributed by atoms with Gasteiger partial charge in [0.15, 0.2) is 15.7 Å². The third kappa shape index (κ3) is 5.54. The number of nitrogens with zero attached hydrogens (tertiary/aromatic N) is 3. The van der Waals surface area contributed by atoms with Crippen molar-refractivity contribution in [3.8, 4) is 11.4 Å². The van der Waals surface area contributed by atoms with Crippen molar-refractivity contribution >= 4 is 27.5 Å². The maximum Gasteiger partial charge on any atom is 0.233 e. The smallest absolute Gasteiger partial charge is 0.233 e. The Morgan fingerprint density at radius 3 is 2.58 bits per heavy atom. The van der Waals surface area contributed by atoms with Crippen LogP contribution in [0, 0.1) is 6.92 Å². The van der Waals surface area contributed by atoms with E-state index < -0.39 is 9.84 Å². The predicted octanol–water partition coefficient (Wildman–Crippen LogP) is 3.09. The molecule has 31 heavy (non-hydrogen) atoms. The minimum Gasteiger partial charge on any atom is -0.334 e. The summed E-state index contributed by atoms with van der Waals surface area (Å²) in [4.78, 5) is 19.2. The number of H-pyrrole nitrogens is 1. The molecule has 1 saturated heterocycles. The van der Waals surface area contributed by atoms with Crippen molar-refractivity contribution in [3.63, 3.8) is 0 Å². The first-order chi connectivity index (χ1) is 14.9. The number of thioether (sulfide) groups is 1. The number of benzene rings is 2. The normalized spacial score (nSPS) is 17.5. The van der Waals surface area contributed by atoms with E-state index in [1.807, 2.05) is 61.5 Å². The molecule has 0 radical (unpaired) electrons. The highest BCUT2D eigenvalue weighted by molar-refractivity contribution is 7.99. The zero-order chi connectivity index (χ0) is 21.8. The van der Waals surface area contributed by atoms with E-state index in [2.05, 4.69) is 15.2 Å². The van der Waals surface area contributed by atoms with Gasteiger partial charge in [-0.2, -0.15) is 0 Å². The van der Waals surface area contributed by atoms with E-state index >= 15 is 0 Å². The van der Waals surface area contributed by atoms with Crippen LogP contribution in [-0.2, 0) is 21.2 Å². The lowest BCUT2D eigenvalue weighted by Crippen LogP contribution is -2.41. The van der Waals surface area contributed by atoms with Crippen molar-refractivity contribution in [2.24, 2.45) is 0 Å². The molecule has 0 unspecified atom stereocenters. The van der Waals surface area contributed by atoms with Gasteiger partial charge < -0.3 is 4.90 Å². The molecule has 2 aromatic carbocycles. The number of aromatic nitrogens is 3. The minimum atomic E-state index is -3.09. The summed E-state index contributed by atoms with van der Waals surface area (Å²) in [5, 5.41) is 7.61. The molecule has 1 aliphatic rings. The number of aryl methyl sites for hydroxylation is 1. The third-order valence-electron chi connectivity index (χ3n) is 5.28. The molecule has 1 atom stereocenters. The largest absolute Gasteiger partial charge is 0.334 e. The van der Waals surface area contributed by atoms with E-state index in [1.165, 1.54) is 11.8 Å². The lowest BCUT2D eigenvalue weighted by molar-refractivity contribution is -0.130. The number of carbonyl (C=O) groups excluding carboxylic acids is 1. The van der Waals surface area contributed by atoms with E-state index in [0.29, 0.717) is 23.9 Å². The van der Waals surface area contributed by atoms with Crippen LogP contribution in [0.2, 0.25) is 0 Å². The molecule has 1 aliphatic heterocycles. The molecule has 2 heterocycles. The first-order valence-electron chi connectivity index (χ1n) is 10.1. The van der Waals surface area contributed by atoms with E-state index in [-0.39, 0.29) is 29.2 Å². The number of aromatic amines is 1. The average Bonchev–Trinajstić information content (AvgIpc) is 3.38. The maximum atomic E-state index is 13.1. The molecule has 9 heteroatoms. The summed E-state index contributed by atoms with van der Waals surface area (Å²) in [5.41, 5.74) is 3.07. The van der Waals surface area contributed by atoms with Crippen LogP contribution in [0.15, 0.2) is 59.8 Å². The molecule has 162 valence electrons. The molecule has 0 aliphatic carbocycles. The van der Waals surface area contributed by atoms with Gasteiger partial charge in [0.1, 0.15) is 0 Å². The van der Waals surface area contributed by atoms with Gasteiger partial charge in [0.25, 0.3) is 0 Å². The van der Waals surface area contributed by atoms with Gasteiger partial charge in [-0.05, 0) is 18.9 Å². The molecule has 0 spiro atoms. The van der Waals surface area contributed by atoms with Gasteiger partial charge in [-0.3, -0.25) is 9.89 Å². The number of hydrogen-bond donors (Lipinski definition) is 1. The predicted molar refractivity (Wildman–Crippen MR) is 121 cm³/mol. The average molecular weight is 457 g/mol. The molecule has 0 saturated carbocycles. The van der Waals surface area contributed by atoms with E-state index in [9.17, 15) is 13.2 Å². The van der Waals surface area contributed by atoms with E-state index in [4.69, 9.17) is 0 Å². The summed E-state index contributed by atoms with van der Waals surface area (Å²) < 4.78 is 24.0. The Morgan fingerprint density at radius 2 is 1.90 bits per heavy atom. The second kappa shape index (κ2) is 9.23. The number of rotatable bonds is 7. The molecular formula is C22H24N4O3S2. The van der Waals surface area contributed by atoms with Crippen LogP contribution in [-0.4, -0.2) is 57.7 Å². The van der Waals surface area contributed by atoms with Crippen LogP contribution in [0.25, 0.3) is 11.4 Å². The van der Waals surface area contributed by atoms with Gasteiger partial charge in [0.2, 0.25) is 11.1 Å². The Kier molecular flexibility index (Phi) is 6.43. The highest BCUT2D eigenvalue weighted by Gasteiger charge is 2.34. The second-order valence-corrected chi connectivity index (χ2v) is 10.9. The first-order valence-corrected chi connectivity index (χ1v) is 12.9. The quantitative estimate of drug-likeness (QED) is 0.549. The van der Waals surface area contributed by atoms with Gasteiger partial charge in [0.05, 0.1) is 17.3 Å². The van der Waals surface area contributed by atoms with Crippen molar-refractivity contribution < 1.29 is 13.2 Å². The molecule has 3 aromatic rings. The molecule has 1 fully saturated rings. The van der Waals surface area contributed by atoms with Crippen molar-refractivity contribution in [1.82, 2.24) is 20.1 Å². The summed E-state index contributed by atoms with van der Waals surface area (Å²) >= 11 is 1.25. The van der Waals surface area contributed by atoms with Crippen molar-refractivity contribution in [2.75, 3.05) is 17.3 Å². The number of carbonyl (C=O) groups is 1. The molecule has 0 bridgehead atoms. The van der Waals surface area contributed by atoms with Gasteiger partial charge in [-0.25, -0.2) is 13.4 Å². The molecule has 1 N–H and O–H groups in total. The SMILES string of the molecule is Cc1ccc(-c2nc(SCC(=O)N(Cc3ccccc3)[C@H]3CCS(=O)(=O)C3)n[nH]2)cc1. The zero-order valence-electron chi connectivity index (χ0n) is 17.2. The number of nitrogens with one attached hydrogen (secondary N) is 1. The highest BCUT2D eigenvalue weighted by atomic mass is 32.2. The second-order valence-electron chi connectivity index (χ2n) is 7.69. The Balaban J connectivity index is 1.44. The standard InChI is InChI=1S/C22H24N4O3S2/c1-16-7-9-18(10-8-16)21-23-22(25-24-21)30-14-20(27)26(13-17-5-3-2-4-6-17)19-11-12-31(28,29)15-19/h2-10,19H,11-15H2,1H3,(H,23,24,25)/t19-/m0/s1. The highest BCUT2D eigenvalue weighted by Crippen LogP contribution is 2.24. The summed E-state index contributed by atoms with van der Waals surface area (Å²) in [5.74, 6) is 0.836. The Morgan fingerprint density at radius 1 is 1.16 bits per heavy atom. The van der Waals surface area contributed by atoms with Crippen LogP contribution in [0.5, 0.6) is 0 Å².